The van der Waals surface area contributed by atoms with Gasteiger partial charge in [0.05, 0.1) is 12.6 Å². The Balaban J connectivity index is 2.31. The minimum Gasteiger partial charge on any atom is -0.492 e. The van der Waals surface area contributed by atoms with Gasteiger partial charge in [0.15, 0.2) is 0 Å². The van der Waals surface area contributed by atoms with Crippen molar-refractivity contribution in [1.29, 1.82) is 5.26 Å². The van der Waals surface area contributed by atoms with E-state index in [4.69, 9.17) is 10.00 Å². The van der Waals surface area contributed by atoms with Gasteiger partial charge in [-0.25, -0.2) is 0 Å². The second-order valence-electron chi connectivity index (χ2n) is 4.81. The van der Waals surface area contributed by atoms with Crippen LogP contribution in [-0.2, 0) is 4.79 Å². The van der Waals surface area contributed by atoms with Crippen LogP contribution in [0, 0.1) is 30.1 Å². The van der Waals surface area contributed by atoms with Crippen molar-refractivity contribution < 1.29 is 9.53 Å². The van der Waals surface area contributed by atoms with Crippen molar-refractivity contribution in [2.45, 2.75) is 20.8 Å². The fourth-order valence-electron chi connectivity index (χ4n) is 1.67. The molecule has 4 nitrogen and oxygen atoms in total. The molecule has 1 atom stereocenters. The van der Waals surface area contributed by atoms with Gasteiger partial charge in [-0.2, -0.15) is 5.26 Å². The van der Waals surface area contributed by atoms with Crippen molar-refractivity contribution in [3.63, 3.8) is 0 Å². The fourth-order valence-corrected chi connectivity index (χ4v) is 1.67. The minimum absolute atomic E-state index is 0.0164. The molecule has 1 rings (SSSR count). The molecule has 1 aromatic rings. The molecule has 0 saturated heterocycles. The lowest BCUT2D eigenvalue weighted by molar-refractivity contribution is -0.124. The van der Waals surface area contributed by atoms with Crippen LogP contribution in [0.15, 0.2) is 24.3 Å². The van der Waals surface area contributed by atoms with Gasteiger partial charge in [0.1, 0.15) is 18.3 Å². The number of rotatable bonds is 6. The molecule has 0 radical (unpaired) electrons. The first-order chi connectivity index (χ1) is 9.04. The standard InChI is InChI=1S/C15H20N2O2/c1-11(2)14(10-16)15(18)17-7-8-19-13-6-4-5-12(3)9-13/h4-6,9,11,14H,7-8H2,1-3H3,(H,17,18). The van der Waals surface area contributed by atoms with Crippen LogP contribution in [-0.4, -0.2) is 19.1 Å². The summed E-state index contributed by atoms with van der Waals surface area (Å²) in [5.74, 6) is -0.0260. The number of nitriles is 1. The Morgan fingerprint density at radius 3 is 2.79 bits per heavy atom. The summed E-state index contributed by atoms with van der Waals surface area (Å²) in [6.07, 6.45) is 0. The first-order valence-electron chi connectivity index (χ1n) is 6.41. The first kappa shape index (κ1) is 15.0. The molecule has 0 heterocycles. The number of aryl methyl sites for hydroxylation is 1. The van der Waals surface area contributed by atoms with Crippen molar-refractivity contribution in [3.05, 3.63) is 29.8 Å². The monoisotopic (exact) mass is 260 g/mol. The highest BCUT2D eigenvalue weighted by molar-refractivity contribution is 5.81. The van der Waals surface area contributed by atoms with Crippen molar-refractivity contribution in [1.82, 2.24) is 5.32 Å². The van der Waals surface area contributed by atoms with Crippen molar-refractivity contribution in [2.24, 2.45) is 11.8 Å². The van der Waals surface area contributed by atoms with Crippen LogP contribution in [0.3, 0.4) is 0 Å². The average molecular weight is 260 g/mol. The Bertz CT molecular complexity index is 463. The lowest BCUT2D eigenvalue weighted by atomic mass is 9.97. The third-order valence-corrected chi connectivity index (χ3v) is 2.75. The zero-order chi connectivity index (χ0) is 14.3. The molecular formula is C15H20N2O2. The van der Waals surface area contributed by atoms with E-state index in [0.717, 1.165) is 11.3 Å². The highest BCUT2D eigenvalue weighted by Crippen LogP contribution is 2.12. The number of carbonyl (C=O) groups excluding carboxylic acids is 1. The molecule has 0 saturated carbocycles. The molecule has 4 heteroatoms. The largest absolute Gasteiger partial charge is 0.492 e. The van der Waals surface area contributed by atoms with Gasteiger partial charge in [-0.15, -0.1) is 0 Å². The Labute approximate surface area is 114 Å². The number of nitrogens with zero attached hydrogens (tertiary/aromatic N) is 1. The summed E-state index contributed by atoms with van der Waals surface area (Å²) in [6.45, 7) is 6.51. The second kappa shape index (κ2) is 7.42. The summed E-state index contributed by atoms with van der Waals surface area (Å²) in [5, 5.41) is 11.6. The summed E-state index contributed by atoms with van der Waals surface area (Å²) in [4.78, 5) is 11.7. The number of hydrogen-bond acceptors (Lipinski definition) is 3. The van der Waals surface area contributed by atoms with Crippen LogP contribution in [0.4, 0.5) is 0 Å². The van der Waals surface area contributed by atoms with E-state index in [2.05, 4.69) is 5.32 Å². The maximum absolute atomic E-state index is 11.7. The third kappa shape index (κ3) is 5.01. The zero-order valence-electron chi connectivity index (χ0n) is 11.6. The Kier molecular flexibility index (Phi) is 5.87. The lowest BCUT2D eigenvalue weighted by Crippen LogP contribution is -2.35. The lowest BCUT2D eigenvalue weighted by Gasteiger charge is -2.13. The van der Waals surface area contributed by atoms with E-state index in [-0.39, 0.29) is 11.8 Å². The number of ether oxygens (including phenoxy) is 1. The number of hydrogen-bond donors (Lipinski definition) is 1. The Hall–Kier alpha value is -2.02. The van der Waals surface area contributed by atoms with Gasteiger partial charge in [-0.05, 0) is 30.5 Å². The maximum Gasteiger partial charge on any atom is 0.237 e. The van der Waals surface area contributed by atoms with Crippen molar-refractivity contribution in [2.75, 3.05) is 13.2 Å². The van der Waals surface area contributed by atoms with E-state index in [9.17, 15) is 4.79 Å². The Morgan fingerprint density at radius 1 is 1.47 bits per heavy atom. The van der Waals surface area contributed by atoms with Gasteiger partial charge in [0.2, 0.25) is 5.91 Å². The first-order valence-corrected chi connectivity index (χ1v) is 6.41. The Morgan fingerprint density at radius 2 is 2.21 bits per heavy atom. The molecule has 0 aromatic heterocycles. The fraction of sp³-hybridized carbons (Fsp3) is 0.467. The van der Waals surface area contributed by atoms with Gasteiger partial charge in [0.25, 0.3) is 0 Å². The van der Waals surface area contributed by atoms with Crippen LogP contribution in [0.25, 0.3) is 0 Å². The zero-order valence-corrected chi connectivity index (χ0v) is 11.6. The molecule has 0 aliphatic heterocycles. The van der Waals surface area contributed by atoms with E-state index >= 15 is 0 Å². The quantitative estimate of drug-likeness (QED) is 0.798. The highest BCUT2D eigenvalue weighted by Gasteiger charge is 2.20. The molecule has 0 bridgehead atoms. The van der Waals surface area contributed by atoms with Crippen molar-refractivity contribution >= 4 is 5.91 Å². The molecule has 19 heavy (non-hydrogen) atoms. The number of nitrogens with one attached hydrogen (secondary N) is 1. The van der Waals surface area contributed by atoms with E-state index in [1.54, 1.807) is 0 Å². The second-order valence-corrected chi connectivity index (χ2v) is 4.81. The summed E-state index contributed by atoms with van der Waals surface area (Å²) >= 11 is 0. The SMILES string of the molecule is Cc1cccc(OCCNC(=O)C(C#N)C(C)C)c1. The van der Waals surface area contributed by atoms with Crippen molar-refractivity contribution in [3.8, 4) is 11.8 Å². The van der Waals surface area contributed by atoms with Crippen LogP contribution < -0.4 is 10.1 Å². The van der Waals surface area contributed by atoms with Crippen LogP contribution in [0.2, 0.25) is 0 Å². The third-order valence-electron chi connectivity index (χ3n) is 2.75. The predicted molar refractivity (Wildman–Crippen MR) is 73.6 cm³/mol. The number of benzene rings is 1. The van der Waals surface area contributed by atoms with Gasteiger partial charge in [-0.3, -0.25) is 4.79 Å². The smallest absolute Gasteiger partial charge is 0.237 e. The van der Waals surface area contributed by atoms with Gasteiger partial charge in [0, 0.05) is 0 Å². The van der Waals surface area contributed by atoms with Crippen LogP contribution in [0.1, 0.15) is 19.4 Å². The molecule has 0 aliphatic carbocycles. The predicted octanol–water partition coefficient (Wildman–Crippen LogP) is 2.29. The summed E-state index contributed by atoms with van der Waals surface area (Å²) in [5.41, 5.74) is 1.13. The van der Waals surface area contributed by atoms with Crippen LogP contribution >= 0.6 is 0 Å². The molecule has 0 fully saturated rings. The van der Waals surface area contributed by atoms with Crippen LogP contribution in [0.5, 0.6) is 5.75 Å². The summed E-state index contributed by atoms with van der Waals surface area (Å²) in [6, 6.07) is 9.75. The molecule has 1 amide bonds. The minimum atomic E-state index is -0.598. The molecule has 0 spiro atoms. The molecule has 1 N–H and O–H groups in total. The van der Waals surface area contributed by atoms with E-state index in [1.807, 2.05) is 51.1 Å². The maximum atomic E-state index is 11.7. The molecular weight excluding hydrogens is 240 g/mol. The number of carbonyl (C=O) groups is 1. The highest BCUT2D eigenvalue weighted by atomic mass is 16.5. The summed E-state index contributed by atoms with van der Waals surface area (Å²) < 4.78 is 5.51. The van der Waals surface area contributed by atoms with E-state index < -0.39 is 5.92 Å². The normalized spacial score (nSPS) is 11.7. The molecule has 0 aliphatic rings. The topological polar surface area (TPSA) is 62.1 Å². The number of amides is 1. The summed E-state index contributed by atoms with van der Waals surface area (Å²) in [7, 11) is 0. The van der Waals surface area contributed by atoms with E-state index in [1.165, 1.54) is 0 Å². The molecule has 1 aromatic carbocycles. The van der Waals surface area contributed by atoms with Gasteiger partial charge in [-0.1, -0.05) is 26.0 Å². The average Bonchev–Trinajstić information content (AvgIpc) is 2.35. The van der Waals surface area contributed by atoms with Gasteiger partial charge < -0.3 is 10.1 Å². The van der Waals surface area contributed by atoms with E-state index in [0.29, 0.717) is 13.2 Å². The molecule has 1 unspecified atom stereocenters. The van der Waals surface area contributed by atoms with Gasteiger partial charge >= 0.3 is 0 Å². The molecule has 102 valence electrons.